The SMILES string of the molecule is CSc1ccc(-c2noc(C3=C(C)N(CCCc4ccccc4)C(=O)NC3c3ccccc3)n2)cc1. The zero-order valence-corrected chi connectivity index (χ0v) is 21.2. The first-order valence-corrected chi connectivity index (χ1v) is 13.2. The molecule has 0 fully saturated rings. The maximum absolute atomic E-state index is 13.2. The average Bonchev–Trinajstić information content (AvgIpc) is 3.41. The van der Waals surface area contributed by atoms with Crippen molar-refractivity contribution in [2.75, 3.05) is 12.8 Å². The smallest absolute Gasteiger partial charge is 0.322 e. The van der Waals surface area contributed by atoms with Crippen LogP contribution in [0.15, 0.2) is 100 Å². The Morgan fingerprint density at radius 1 is 0.972 bits per heavy atom. The van der Waals surface area contributed by atoms with Crippen LogP contribution in [0.5, 0.6) is 0 Å². The second kappa shape index (κ2) is 10.8. The molecule has 0 aliphatic carbocycles. The minimum atomic E-state index is -0.378. The Labute approximate surface area is 215 Å². The van der Waals surface area contributed by atoms with E-state index in [1.807, 2.05) is 86.0 Å². The largest absolute Gasteiger partial charge is 0.334 e. The molecule has 36 heavy (non-hydrogen) atoms. The van der Waals surface area contributed by atoms with Gasteiger partial charge in [0.25, 0.3) is 5.89 Å². The van der Waals surface area contributed by atoms with Crippen molar-refractivity contribution in [1.82, 2.24) is 20.4 Å². The molecule has 1 N–H and O–H groups in total. The number of aromatic nitrogens is 2. The fourth-order valence-corrected chi connectivity index (χ4v) is 4.91. The molecular formula is C29H28N4O2S. The molecule has 5 rings (SSSR count). The predicted molar refractivity (Wildman–Crippen MR) is 143 cm³/mol. The van der Waals surface area contributed by atoms with Gasteiger partial charge in [0.05, 0.1) is 11.6 Å². The number of carbonyl (C=O) groups is 1. The number of allylic oxidation sites excluding steroid dienone is 1. The average molecular weight is 497 g/mol. The molecule has 1 aliphatic heterocycles. The summed E-state index contributed by atoms with van der Waals surface area (Å²) >= 11 is 1.69. The maximum atomic E-state index is 13.2. The summed E-state index contributed by atoms with van der Waals surface area (Å²) in [4.78, 5) is 20.9. The van der Waals surface area contributed by atoms with Gasteiger partial charge >= 0.3 is 6.03 Å². The summed E-state index contributed by atoms with van der Waals surface area (Å²) in [5, 5.41) is 7.44. The van der Waals surface area contributed by atoms with Gasteiger partial charge in [-0.2, -0.15) is 4.98 Å². The number of rotatable bonds is 8. The second-order valence-electron chi connectivity index (χ2n) is 8.68. The molecule has 0 saturated carbocycles. The highest BCUT2D eigenvalue weighted by atomic mass is 32.2. The van der Waals surface area contributed by atoms with E-state index in [0.717, 1.165) is 35.2 Å². The van der Waals surface area contributed by atoms with Crippen molar-refractivity contribution in [2.24, 2.45) is 0 Å². The highest BCUT2D eigenvalue weighted by Gasteiger charge is 2.35. The summed E-state index contributed by atoms with van der Waals surface area (Å²) in [5.74, 6) is 0.940. The second-order valence-corrected chi connectivity index (χ2v) is 9.56. The fourth-order valence-electron chi connectivity index (χ4n) is 4.50. The Bertz CT molecular complexity index is 1350. The lowest BCUT2D eigenvalue weighted by molar-refractivity contribution is 0.204. The normalized spacial score (nSPS) is 15.8. The van der Waals surface area contributed by atoms with Crippen LogP contribution in [0.3, 0.4) is 0 Å². The van der Waals surface area contributed by atoms with E-state index in [4.69, 9.17) is 9.51 Å². The highest BCUT2D eigenvalue weighted by Crippen LogP contribution is 2.37. The molecule has 4 aromatic rings. The third kappa shape index (κ3) is 5.06. The molecule has 6 nitrogen and oxygen atoms in total. The number of nitrogens with zero attached hydrogens (tertiary/aromatic N) is 3. The molecule has 3 aromatic carbocycles. The molecule has 2 heterocycles. The van der Waals surface area contributed by atoms with Crippen LogP contribution in [0, 0.1) is 0 Å². The molecular weight excluding hydrogens is 468 g/mol. The summed E-state index contributed by atoms with van der Waals surface area (Å²) in [5.41, 5.74) is 4.76. The first-order valence-electron chi connectivity index (χ1n) is 12.0. The van der Waals surface area contributed by atoms with Crippen LogP contribution in [0.1, 0.15) is 36.4 Å². The topological polar surface area (TPSA) is 71.3 Å². The lowest BCUT2D eigenvalue weighted by Gasteiger charge is -2.35. The number of carbonyl (C=O) groups excluding carboxylic acids is 1. The van der Waals surface area contributed by atoms with Crippen molar-refractivity contribution < 1.29 is 9.32 Å². The lowest BCUT2D eigenvalue weighted by Crippen LogP contribution is -2.46. The van der Waals surface area contributed by atoms with E-state index in [0.29, 0.717) is 18.3 Å². The minimum absolute atomic E-state index is 0.120. The van der Waals surface area contributed by atoms with Crippen molar-refractivity contribution in [3.63, 3.8) is 0 Å². The molecule has 2 amide bonds. The summed E-state index contributed by atoms with van der Waals surface area (Å²) in [6, 6.07) is 27.8. The van der Waals surface area contributed by atoms with Crippen molar-refractivity contribution in [3.8, 4) is 11.4 Å². The summed E-state index contributed by atoms with van der Waals surface area (Å²) in [7, 11) is 0. The van der Waals surface area contributed by atoms with Crippen LogP contribution >= 0.6 is 11.8 Å². The number of hydrogen-bond acceptors (Lipinski definition) is 5. The van der Waals surface area contributed by atoms with Gasteiger partial charge in [-0.3, -0.25) is 4.90 Å². The fraction of sp³-hybridized carbons (Fsp3) is 0.207. The van der Waals surface area contributed by atoms with E-state index in [-0.39, 0.29) is 12.1 Å². The zero-order valence-electron chi connectivity index (χ0n) is 20.3. The van der Waals surface area contributed by atoms with Crippen molar-refractivity contribution >= 4 is 23.4 Å². The molecule has 0 spiro atoms. The van der Waals surface area contributed by atoms with Gasteiger partial charge in [-0.05, 0) is 61.4 Å². The molecule has 182 valence electrons. The van der Waals surface area contributed by atoms with Crippen LogP contribution in [0.2, 0.25) is 0 Å². The van der Waals surface area contributed by atoms with Crippen LogP contribution in [0.4, 0.5) is 4.79 Å². The summed E-state index contributed by atoms with van der Waals surface area (Å²) < 4.78 is 5.79. The number of aryl methyl sites for hydroxylation is 1. The maximum Gasteiger partial charge on any atom is 0.322 e. The Balaban J connectivity index is 1.47. The molecule has 1 unspecified atom stereocenters. The lowest BCUT2D eigenvalue weighted by atomic mass is 9.94. The molecule has 1 aliphatic rings. The Hall–Kier alpha value is -3.84. The van der Waals surface area contributed by atoms with Gasteiger partial charge in [0, 0.05) is 22.7 Å². The molecule has 0 radical (unpaired) electrons. The molecule has 1 atom stereocenters. The summed E-state index contributed by atoms with van der Waals surface area (Å²) in [6.07, 6.45) is 3.78. The summed E-state index contributed by atoms with van der Waals surface area (Å²) in [6.45, 7) is 2.55. The Kier molecular flexibility index (Phi) is 7.18. The molecule has 1 aromatic heterocycles. The Morgan fingerprint density at radius 2 is 1.67 bits per heavy atom. The number of thioether (sulfide) groups is 1. The molecule has 7 heteroatoms. The first-order chi connectivity index (χ1) is 17.6. The number of nitrogens with one attached hydrogen (secondary N) is 1. The number of amides is 2. The van der Waals surface area contributed by atoms with Crippen LogP contribution in [-0.2, 0) is 6.42 Å². The Morgan fingerprint density at radius 3 is 2.36 bits per heavy atom. The molecule has 0 bridgehead atoms. The van der Waals surface area contributed by atoms with Gasteiger partial charge in [-0.1, -0.05) is 65.8 Å². The van der Waals surface area contributed by atoms with Gasteiger partial charge < -0.3 is 9.84 Å². The van der Waals surface area contributed by atoms with Gasteiger partial charge in [0.1, 0.15) is 0 Å². The van der Waals surface area contributed by atoms with Gasteiger partial charge in [0.15, 0.2) is 0 Å². The van der Waals surface area contributed by atoms with E-state index in [9.17, 15) is 4.79 Å². The van der Waals surface area contributed by atoms with E-state index in [1.165, 1.54) is 10.5 Å². The van der Waals surface area contributed by atoms with E-state index < -0.39 is 0 Å². The predicted octanol–water partition coefficient (Wildman–Crippen LogP) is 6.59. The number of benzene rings is 3. The highest BCUT2D eigenvalue weighted by molar-refractivity contribution is 7.98. The quantitative estimate of drug-likeness (QED) is 0.279. The number of hydrogen-bond donors (Lipinski definition) is 1. The van der Waals surface area contributed by atoms with E-state index in [1.54, 1.807) is 16.7 Å². The monoisotopic (exact) mass is 496 g/mol. The zero-order chi connectivity index (χ0) is 24.9. The van der Waals surface area contributed by atoms with Gasteiger partial charge in [-0.15, -0.1) is 11.8 Å². The van der Waals surface area contributed by atoms with Crippen molar-refractivity contribution in [2.45, 2.75) is 30.7 Å². The van der Waals surface area contributed by atoms with Crippen LogP contribution in [0.25, 0.3) is 17.0 Å². The van der Waals surface area contributed by atoms with Crippen LogP contribution in [-0.4, -0.2) is 33.9 Å². The first kappa shape index (κ1) is 23.9. The van der Waals surface area contributed by atoms with Crippen molar-refractivity contribution in [3.05, 3.63) is 108 Å². The standard InChI is InChI=1S/C29H28N4O2S/c1-20-25(28-31-27(32-35-28)23-15-17-24(36-2)18-16-23)26(22-13-7-4-8-14-22)30-29(34)33(20)19-9-12-21-10-5-3-6-11-21/h3-8,10-11,13-18,26H,9,12,19H2,1-2H3,(H,30,34). The van der Waals surface area contributed by atoms with Gasteiger partial charge in [0.2, 0.25) is 5.82 Å². The van der Waals surface area contributed by atoms with Crippen molar-refractivity contribution in [1.29, 1.82) is 0 Å². The third-order valence-electron chi connectivity index (χ3n) is 6.42. The van der Waals surface area contributed by atoms with Gasteiger partial charge in [-0.25, -0.2) is 4.79 Å². The molecule has 0 saturated heterocycles. The van der Waals surface area contributed by atoms with E-state index >= 15 is 0 Å². The minimum Gasteiger partial charge on any atom is -0.334 e. The van der Waals surface area contributed by atoms with Crippen LogP contribution < -0.4 is 5.32 Å². The third-order valence-corrected chi connectivity index (χ3v) is 7.17. The number of urea groups is 1. The van der Waals surface area contributed by atoms with E-state index in [2.05, 4.69) is 22.6 Å².